The van der Waals surface area contributed by atoms with E-state index < -0.39 is 24.1 Å². The molecule has 0 bridgehead atoms. The van der Waals surface area contributed by atoms with Gasteiger partial charge in [-0.3, -0.25) is 9.69 Å². The first-order valence-electron chi connectivity index (χ1n) is 9.16. The van der Waals surface area contributed by atoms with Gasteiger partial charge >= 0.3 is 6.03 Å². The Morgan fingerprint density at radius 1 is 1.48 bits per heavy atom. The molecular weight excluding hydrogens is 360 g/mol. The first-order valence-corrected chi connectivity index (χ1v) is 9.16. The lowest BCUT2D eigenvalue weighted by atomic mass is 10.0. The number of piperidine rings is 1. The first-order chi connectivity index (χ1) is 12.9. The van der Waals surface area contributed by atoms with Crippen LogP contribution in [0, 0.1) is 0 Å². The van der Waals surface area contributed by atoms with E-state index in [1.54, 1.807) is 21.8 Å². The van der Waals surface area contributed by atoms with Gasteiger partial charge in [0.05, 0.1) is 19.3 Å². The fourth-order valence-corrected chi connectivity index (χ4v) is 3.47. The van der Waals surface area contributed by atoms with Crippen molar-refractivity contribution >= 4 is 17.8 Å². The Hall–Kier alpha value is -2.23. The molecule has 0 radical (unpaired) electrons. The number of hydrogen-bond acceptors (Lipinski definition) is 4. The zero-order valence-corrected chi connectivity index (χ0v) is 15.5. The molecule has 3 rings (SSSR count). The molecule has 1 aromatic rings. The van der Waals surface area contributed by atoms with Crippen molar-refractivity contribution in [1.29, 1.82) is 0 Å². The van der Waals surface area contributed by atoms with Crippen LogP contribution in [0.2, 0.25) is 0 Å². The van der Waals surface area contributed by atoms with Crippen LogP contribution in [0.3, 0.4) is 0 Å². The number of aromatic nitrogens is 2. The van der Waals surface area contributed by atoms with Crippen molar-refractivity contribution in [3.05, 3.63) is 12.3 Å². The summed E-state index contributed by atoms with van der Waals surface area (Å²) < 4.78 is 33.3. The molecule has 2 atom stereocenters. The number of morpholine rings is 1. The number of anilines is 1. The number of rotatable bonds is 4. The van der Waals surface area contributed by atoms with Crippen molar-refractivity contribution in [2.75, 3.05) is 31.1 Å². The third-order valence-electron chi connectivity index (χ3n) is 5.05. The van der Waals surface area contributed by atoms with Crippen LogP contribution >= 0.6 is 0 Å². The summed E-state index contributed by atoms with van der Waals surface area (Å²) in [6.45, 7) is 4.43. The Bertz CT molecular complexity index is 698. The number of amides is 3. The molecule has 2 aliphatic rings. The maximum Gasteiger partial charge on any atom is 0.318 e. The maximum atomic E-state index is 13.2. The lowest BCUT2D eigenvalue weighted by molar-refractivity contribution is -0.162. The fraction of sp³-hybridized carbons (Fsp3) is 0.706. The molecule has 0 saturated carbocycles. The number of nitrogens with zero attached hydrogens (tertiary/aromatic N) is 4. The van der Waals surface area contributed by atoms with Crippen LogP contribution in [0.25, 0.3) is 0 Å². The molecule has 2 saturated heterocycles. The summed E-state index contributed by atoms with van der Waals surface area (Å²) in [4.78, 5) is 28.3. The van der Waals surface area contributed by atoms with Gasteiger partial charge < -0.3 is 15.0 Å². The van der Waals surface area contributed by atoms with Crippen LogP contribution < -0.4 is 10.2 Å². The number of halogens is 2. The Morgan fingerprint density at radius 3 is 2.96 bits per heavy atom. The van der Waals surface area contributed by atoms with Crippen LogP contribution in [0.15, 0.2) is 12.3 Å². The number of carbonyl (C=O) groups excluding carboxylic acids is 2. The predicted molar refractivity (Wildman–Crippen MR) is 93.7 cm³/mol. The molecule has 0 aliphatic carbocycles. The summed E-state index contributed by atoms with van der Waals surface area (Å²) in [6, 6.07) is 0.559. The van der Waals surface area contributed by atoms with Crippen molar-refractivity contribution in [2.24, 2.45) is 0 Å². The maximum absolute atomic E-state index is 13.2. The summed E-state index contributed by atoms with van der Waals surface area (Å²) in [5.41, 5.74) is -1.69. The van der Waals surface area contributed by atoms with Gasteiger partial charge in [0, 0.05) is 25.7 Å². The molecule has 1 N–H and O–H groups in total. The van der Waals surface area contributed by atoms with Gasteiger partial charge in [0.2, 0.25) is 0 Å². The molecule has 2 unspecified atom stereocenters. The van der Waals surface area contributed by atoms with E-state index >= 15 is 0 Å². The van der Waals surface area contributed by atoms with E-state index in [0.29, 0.717) is 25.3 Å². The summed E-state index contributed by atoms with van der Waals surface area (Å²) in [7, 11) is 0. The van der Waals surface area contributed by atoms with Crippen LogP contribution in [0.5, 0.6) is 0 Å². The summed E-state index contributed by atoms with van der Waals surface area (Å²) in [6.07, 6.45) is 0.170. The average Bonchev–Trinajstić information content (AvgIpc) is 3.12. The second-order valence-corrected chi connectivity index (χ2v) is 7.02. The molecular formula is C17H25F2N5O3. The highest BCUT2D eigenvalue weighted by molar-refractivity contribution is 5.99. The zero-order chi connectivity index (χ0) is 19.6. The number of hydrogen-bond donors (Lipinski definition) is 1. The van der Waals surface area contributed by atoms with Gasteiger partial charge in [-0.25, -0.2) is 18.3 Å². The standard InChI is InChI=1S/C17H25F2N5O3/c1-3-24-13(6-7-20-24)23-8-4-5-12(14(23)25)21-16(26)22-9-10-27-17(2,11-22)15(18)19/h6-7,12,15H,3-5,8-11H2,1-2H3,(H,21,26). The monoisotopic (exact) mass is 385 g/mol. The lowest BCUT2D eigenvalue weighted by Gasteiger charge is -2.40. The molecule has 1 aromatic heterocycles. The summed E-state index contributed by atoms with van der Waals surface area (Å²) in [5, 5.41) is 6.89. The molecule has 2 aliphatic heterocycles. The van der Waals surface area contributed by atoms with Crippen LogP contribution in [-0.4, -0.2) is 70.9 Å². The van der Waals surface area contributed by atoms with Gasteiger partial charge in [-0.1, -0.05) is 0 Å². The molecule has 0 aromatic carbocycles. The predicted octanol–water partition coefficient (Wildman–Crippen LogP) is 1.46. The van der Waals surface area contributed by atoms with Gasteiger partial charge in [0.15, 0.2) is 0 Å². The number of carbonyl (C=O) groups is 2. The molecule has 3 amide bonds. The molecule has 0 spiro atoms. The Balaban J connectivity index is 1.66. The van der Waals surface area contributed by atoms with Gasteiger partial charge in [0.25, 0.3) is 12.3 Å². The van der Waals surface area contributed by atoms with E-state index in [9.17, 15) is 18.4 Å². The minimum atomic E-state index is -2.70. The minimum Gasteiger partial charge on any atom is -0.366 e. The summed E-state index contributed by atoms with van der Waals surface area (Å²) >= 11 is 0. The van der Waals surface area contributed by atoms with Gasteiger partial charge in [-0.15, -0.1) is 0 Å². The first kappa shape index (κ1) is 19.5. The van der Waals surface area contributed by atoms with E-state index in [1.165, 1.54) is 11.8 Å². The van der Waals surface area contributed by atoms with E-state index in [-0.39, 0.29) is 25.6 Å². The normalized spacial score (nSPS) is 26.6. The van der Waals surface area contributed by atoms with Crippen molar-refractivity contribution in [2.45, 2.75) is 51.3 Å². The lowest BCUT2D eigenvalue weighted by Crippen LogP contribution is -2.60. The highest BCUT2D eigenvalue weighted by Crippen LogP contribution is 2.25. The number of alkyl halides is 2. The zero-order valence-electron chi connectivity index (χ0n) is 15.5. The summed E-state index contributed by atoms with van der Waals surface area (Å²) in [5.74, 6) is 0.479. The molecule has 150 valence electrons. The number of urea groups is 1. The second kappa shape index (κ2) is 7.79. The minimum absolute atomic E-state index is 0.0364. The Kier molecular flexibility index (Phi) is 5.64. The highest BCUT2D eigenvalue weighted by atomic mass is 19.3. The number of ether oxygens (including phenoxy) is 1. The topological polar surface area (TPSA) is 79.7 Å². The Morgan fingerprint density at radius 2 is 2.26 bits per heavy atom. The molecule has 10 heteroatoms. The van der Waals surface area contributed by atoms with Crippen LogP contribution in [0.4, 0.5) is 19.4 Å². The van der Waals surface area contributed by atoms with Gasteiger partial charge in [-0.05, 0) is 26.7 Å². The van der Waals surface area contributed by atoms with Crippen LogP contribution in [-0.2, 0) is 16.1 Å². The van der Waals surface area contributed by atoms with Gasteiger partial charge in [0.1, 0.15) is 17.5 Å². The van der Waals surface area contributed by atoms with Crippen LogP contribution in [0.1, 0.15) is 26.7 Å². The largest absolute Gasteiger partial charge is 0.366 e. The Labute approximate surface area is 156 Å². The van der Waals surface area contributed by atoms with Crippen molar-refractivity contribution in [3.63, 3.8) is 0 Å². The highest BCUT2D eigenvalue weighted by Gasteiger charge is 2.43. The molecule has 2 fully saturated rings. The number of nitrogens with one attached hydrogen (secondary N) is 1. The molecule has 3 heterocycles. The fourth-order valence-electron chi connectivity index (χ4n) is 3.47. The quantitative estimate of drug-likeness (QED) is 0.851. The smallest absolute Gasteiger partial charge is 0.318 e. The molecule has 27 heavy (non-hydrogen) atoms. The molecule has 8 nitrogen and oxygen atoms in total. The van der Waals surface area contributed by atoms with Gasteiger partial charge in [-0.2, -0.15) is 5.10 Å². The average molecular weight is 385 g/mol. The van der Waals surface area contributed by atoms with E-state index in [4.69, 9.17) is 4.74 Å². The van der Waals surface area contributed by atoms with Crippen molar-refractivity contribution in [1.82, 2.24) is 20.0 Å². The second-order valence-electron chi connectivity index (χ2n) is 7.02. The van der Waals surface area contributed by atoms with E-state index in [2.05, 4.69) is 10.4 Å². The number of aryl methyl sites for hydroxylation is 1. The SMILES string of the molecule is CCn1nccc1N1CCCC(NC(=O)N2CCOC(C)(C(F)F)C2)C1=O. The van der Waals surface area contributed by atoms with Crippen molar-refractivity contribution in [3.8, 4) is 0 Å². The van der Waals surface area contributed by atoms with E-state index in [1.807, 2.05) is 6.92 Å². The van der Waals surface area contributed by atoms with Crippen molar-refractivity contribution < 1.29 is 23.1 Å². The third-order valence-corrected chi connectivity index (χ3v) is 5.05. The van der Waals surface area contributed by atoms with E-state index in [0.717, 1.165) is 6.42 Å². The third kappa shape index (κ3) is 3.90.